The number of H-pyrrole nitrogens is 1. The average molecular weight is 1320 g/mol. The van der Waals surface area contributed by atoms with Gasteiger partial charge < -0.3 is 78.1 Å². The minimum atomic E-state index is -4.46. The summed E-state index contributed by atoms with van der Waals surface area (Å²) in [4.78, 5) is 94.8. The third-order valence-corrected chi connectivity index (χ3v) is 19.0. The number of carboxylic acids is 4. The van der Waals surface area contributed by atoms with Crippen molar-refractivity contribution >= 4 is 72.6 Å². The summed E-state index contributed by atoms with van der Waals surface area (Å²) in [6, 6.07) is 14.6. The third kappa shape index (κ3) is 22.5. The average Bonchev–Trinajstić information content (AvgIpc) is 1.08. The summed E-state index contributed by atoms with van der Waals surface area (Å²) >= 11 is 0. The first-order valence-corrected chi connectivity index (χ1v) is 32.5. The minimum absolute atomic E-state index is 0.0112. The van der Waals surface area contributed by atoms with Crippen LogP contribution in [0.4, 0.5) is 5.95 Å². The Morgan fingerprint density at radius 3 is 1.59 bits per heavy atom. The van der Waals surface area contributed by atoms with E-state index in [0.717, 1.165) is 5.56 Å². The van der Waals surface area contributed by atoms with Crippen LogP contribution in [-0.2, 0) is 71.8 Å². The lowest BCUT2D eigenvalue weighted by atomic mass is 10.1. The number of aromatic amines is 1. The molecule has 1 saturated heterocycles. The van der Waals surface area contributed by atoms with Crippen molar-refractivity contribution in [2.45, 2.75) is 28.8 Å². The van der Waals surface area contributed by atoms with Crippen molar-refractivity contribution in [3.63, 3.8) is 0 Å². The Morgan fingerprint density at radius 1 is 0.626 bits per heavy atom. The van der Waals surface area contributed by atoms with Gasteiger partial charge in [0.2, 0.25) is 25.5 Å². The summed E-state index contributed by atoms with van der Waals surface area (Å²) in [5.41, 5.74) is 1.59. The number of hydrogen-bond donors (Lipinski definition) is 10. The number of sulfonamides is 2. The molecule has 32 heteroatoms. The molecule has 0 bridgehead atoms. The molecule has 1 fully saturated rings. The number of ether oxygens (including phenoxy) is 3. The number of carbonyl (C=O) groups is 6. The number of benzene rings is 3. The van der Waals surface area contributed by atoms with Gasteiger partial charge in [0, 0.05) is 63.8 Å². The fourth-order valence-electron chi connectivity index (χ4n) is 10.4. The highest BCUT2D eigenvalue weighted by Gasteiger charge is 2.41. The molecule has 3 heterocycles. The maximum atomic E-state index is 13.4. The summed E-state index contributed by atoms with van der Waals surface area (Å²) in [5, 5.41) is 47.9. The standard InChI is InChI=1S/C59H82N12O18S2/c1-67-38-49(56(79)48-16-7-43(35-51(48)67)36-64-59-61-18-19-62-59)57(80)63-37-50(58(81)82)66-91(85,86)47-14-10-45(11-15-47)44-8-12-46(13-9-44)90(83,84)65-17-6-29-87-31-33-89-34-32-88-30-20-60-52(72)39-68(2)21-23-69(3,40-53(73)74)25-27-71(5,42-55(77)78)28-26-70(4,24-22-68)41-54(75)76/h7-16,18-19,35,38,50,65-66H,6,17,20-34,36-37,39-42H2,1-5H3,(H4-4,60,61,62,63,64,72,73,74,75,76,77,78,80,81,82)/p+4/t50-,68?,69?,70?,71?/m0/s1. The number of likely N-dealkylation sites (N-methyl/N-ethyl adjacent to an activating group) is 4. The number of fused-ring (bicyclic) bond motifs is 1. The fraction of sp³-hybridized carbons (Fsp3) is 0.492. The molecule has 10 N–H and O–H groups in total. The zero-order valence-electron chi connectivity index (χ0n) is 51.9. The molecule has 498 valence electrons. The Labute approximate surface area is 528 Å². The minimum Gasteiger partial charge on any atom is -0.480 e. The van der Waals surface area contributed by atoms with E-state index in [1.807, 2.05) is 21.1 Å². The SMILES string of the molecule is Cn1cc(C(=O)NC[C@H](NS(=O)(=O)c2ccc(-c3ccc(S(=O)(=O)NCCCOCCOCCOCCNC(=O)C[N+]4(C)CC[N+](C)(CC(=O)O)CC[N+](C)(CC(=O)O)CC[N+](C)(CC(=O)O)CC4)cc3)cc2)C(=O)O)c(=O)c2ccc(CNc3ncc[nH]3)cc21. The molecule has 91 heavy (non-hydrogen) atoms. The fourth-order valence-corrected chi connectivity index (χ4v) is 12.7. The Morgan fingerprint density at radius 2 is 1.11 bits per heavy atom. The number of carbonyl (C=O) groups excluding carboxylic acids is 2. The maximum Gasteiger partial charge on any atom is 0.359 e. The number of aromatic nitrogens is 3. The number of amides is 2. The van der Waals surface area contributed by atoms with Gasteiger partial charge in [-0.25, -0.2) is 40.9 Å². The lowest BCUT2D eigenvalue weighted by molar-refractivity contribution is -1.01. The van der Waals surface area contributed by atoms with Gasteiger partial charge in [-0.15, -0.1) is 0 Å². The summed E-state index contributed by atoms with van der Waals surface area (Å²) in [7, 11) is 0.638. The van der Waals surface area contributed by atoms with E-state index in [-0.39, 0.29) is 123 Å². The Balaban J connectivity index is 0.857. The Bertz CT molecular complexity index is 3580. The number of quaternary nitrogens is 4. The normalized spacial score (nSPS) is 20.4. The molecule has 2 amide bonds. The molecule has 1 aliphatic rings. The summed E-state index contributed by atoms with van der Waals surface area (Å²) in [6.45, 7) is 4.00. The molecule has 5 aromatic rings. The second kappa shape index (κ2) is 32.5. The predicted octanol–water partition coefficient (Wildman–Crippen LogP) is -0.410. The number of nitrogens with zero attached hydrogens (tertiary/aromatic N) is 6. The molecule has 1 aliphatic heterocycles. The highest BCUT2D eigenvalue weighted by Crippen LogP contribution is 2.24. The number of pyridine rings is 1. The van der Waals surface area contributed by atoms with E-state index >= 15 is 0 Å². The second-order valence-electron chi connectivity index (χ2n) is 23.9. The van der Waals surface area contributed by atoms with Crippen LogP contribution >= 0.6 is 0 Å². The van der Waals surface area contributed by atoms with Crippen LogP contribution in [0, 0.1) is 0 Å². The number of carboxylic acid groups (broad SMARTS) is 4. The molecule has 6 rings (SSSR count). The molecule has 0 spiro atoms. The van der Waals surface area contributed by atoms with Crippen LogP contribution in [-0.4, -0.2) is 277 Å². The first-order valence-electron chi connectivity index (χ1n) is 29.5. The van der Waals surface area contributed by atoms with Crippen molar-refractivity contribution in [2.75, 3.05) is 171 Å². The summed E-state index contributed by atoms with van der Waals surface area (Å²) in [5.74, 6) is -5.15. The van der Waals surface area contributed by atoms with Gasteiger partial charge in [-0.05, 0) is 59.5 Å². The smallest absolute Gasteiger partial charge is 0.359 e. The lowest BCUT2D eigenvalue weighted by Crippen LogP contribution is -2.66. The number of aryl methyl sites for hydroxylation is 1. The van der Waals surface area contributed by atoms with Crippen LogP contribution in [0.15, 0.2) is 99.9 Å². The number of hydrogen-bond acceptors (Lipinski definition) is 16. The van der Waals surface area contributed by atoms with Gasteiger partial charge in [-0.1, -0.05) is 30.3 Å². The van der Waals surface area contributed by atoms with Crippen LogP contribution < -0.4 is 30.8 Å². The first kappa shape index (κ1) is 72.3. The van der Waals surface area contributed by atoms with E-state index in [1.54, 1.807) is 61.4 Å². The van der Waals surface area contributed by atoms with E-state index in [2.05, 4.69) is 35.4 Å². The van der Waals surface area contributed by atoms with Crippen LogP contribution in [0.5, 0.6) is 0 Å². The van der Waals surface area contributed by atoms with E-state index < -0.39 is 67.8 Å². The van der Waals surface area contributed by atoms with Crippen molar-refractivity contribution in [3.05, 3.63) is 107 Å². The number of imidazole rings is 1. The highest BCUT2D eigenvalue weighted by atomic mass is 32.2. The third-order valence-electron chi connectivity index (χ3n) is 16.0. The molecule has 3 aromatic carbocycles. The zero-order valence-corrected chi connectivity index (χ0v) is 53.6. The Hall–Kier alpha value is -7.76. The summed E-state index contributed by atoms with van der Waals surface area (Å²) in [6.07, 6.45) is 4.95. The molecule has 2 aromatic heterocycles. The van der Waals surface area contributed by atoms with E-state index in [4.69, 9.17) is 14.2 Å². The van der Waals surface area contributed by atoms with Crippen LogP contribution in [0.1, 0.15) is 22.3 Å². The highest BCUT2D eigenvalue weighted by molar-refractivity contribution is 7.89. The van der Waals surface area contributed by atoms with E-state index in [9.17, 15) is 70.8 Å². The first-order chi connectivity index (χ1) is 42.9. The van der Waals surface area contributed by atoms with E-state index in [1.165, 1.54) is 42.6 Å². The maximum absolute atomic E-state index is 13.4. The van der Waals surface area contributed by atoms with Gasteiger partial charge in [0.15, 0.2) is 32.1 Å². The zero-order chi connectivity index (χ0) is 66.6. The van der Waals surface area contributed by atoms with Crippen LogP contribution in [0.2, 0.25) is 0 Å². The summed E-state index contributed by atoms with van der Waals surface area (Å²) < 4.78 is 76.5. The van der Waals surface area contributed by atoms with Crippen molar-refractivity contribution in [2.24, 2.45) is 7.05 Å². The van der Waals surface area contributed by atoms with Gasteiger partial charge in [-0.3, -0.25) is 19.2 Å². The molecule has 0 aliphatic carbocycles. The number of anilines is 1. The largest absolute Gasteiger partial charge is 0.480 e. The number of nitrogens with one attached hydrogen (secondary N) is 6. The molecule has 30 nitrogen and oxygen atoms in total. The molecular formula is C59H86N12O18S2+4. The topological polar surface area (TPSA) is 390 Å². The van der Waals surface area contributed by atoms with Crippen LogP contribution in [0.3, 0.4) is 0 Å². The number of aliphatic carboxylic acids is 4. The van der Waals surface area contributed by atoms with Gasteiger partial charge in [-0.2, -0.15) is 4.72 Å². The molecule has 0 saturated carbocycles. The van der Waals surface area contributed by atoms with Gasteiger partial charge in [0.25, 0.3) is 11.8 Å². The van der Waals surface area contributed by atoms with Crippen molar-refractivity contribution < 1.29 is 98.2 Å². The predicted molar refractivity (Wildman–Crippen MR) is 332 cm³/mol. The van der Waals surface area contributed by atoms with Gasteiger partial charge in [0.05, 0.1) is 76.5 Å². The second-order valence-corrected chi connectivity index (χ2v) is 27.4. The molecule has 0 radical (unpaired) electrons. The van der Waals surface area contributed by atoms with Gasteiger partial charge >= 0.3 is 23.9 Å². The molecule has 2 unspecified atom stereocenters. The van der Waals surface area contributed by atoms with Crippen molar-refractivity contribution in [1.82, 2.24) is 34.6 Å². The van der Waals surface area contributed by atoms with Gasteiger partial charge in [0.1, 0.15) is 64.0 Å². The molecular weight excluding hydrogens is 1230 g/mol. The van der Waals surface area contributed by atoms with Crippen molar-refractivity contribution in [3.8, 4) is 11.1 Å². The number of rotatable bonds is 34. The van der Waals surface area contributed by atoms with Crippen LogP contribution in [0.25, 0.3) is 22.0 Å². The monoisotopic (exact) mass is 1310 g/mol. The Kier molecular flexibility index (Phi) is 25.8. The van der Waals surface area contributed by atoms with Crippen molar-refractivity contribution in [1.29, 1.82) is 0 Å². The quantitative estimate of drug-likeness (QED) is 0.0185. The molecule has 3 atom stereocenters. The van der Waals surface area contributed by atoms with E-state index in [0.29, 0.717) is 87.9 Å². The lowest BCUT2D eigenvalue weighted by Gasteiger charge is -2.45.